The molecule has 0 amide bonds. The molecule has 0 bridgehead atoms. The van der Waals surface area contributed by atoms with Crippen molar-refractivity contribution >= 4 is 11.5 Å². The summed E-state index contributed by atoms with van der Waals surface area (Å²) in [6.07, 6.45) is 2.60. The van der Waals surface area contributed by atoms with Gasteiger partial charge in [0.1, 0.15) is 23.2 Å². The fourth-order valence-corrected chi connectivity index (χ4v) is 2.57. The lowest BCUT2D eigenvalue weighted by molar-refractivity contribution is -0.135. The number of methoxy groups -OCH3 is 2. The Morgan fingerprint density at radius 3 is 2.25 bits per heavy atom. The monoisotopic (exact) mass is 338 g/mol. The highest BCUT2D eigenvalue weighted by Gasteiger charge is 2.24. The standard InChI is InChI=1S/C18H17F3O3/c1-4-10-7-13(14(19)6-5-12(10)18(22)24-3)17-15(20)8-11(23-2)9-16(17)21/h5-6,8-9H,4,7H2,1-3H3. The number of rotatable bonds is 4. The molecule has 24 heavy (non-hydrogen) atoms. The van der Waals surface area contributed by atoms with Gasteiger partial charge in [-0.15, -0.1) is 0 Å². The minimum atomic E-state index is -0.928. The molecule has 0 fully saturated rings. The first-order valence-corrected chi connectivity index (χ1v) is 7.33. The van der Waals surface area contributed by atoms with E-state index < -0.39 is 29.0 Å². The van der Waals surface area contributed by atoms with E-state index >= 15 is 0 Å². The van der Waals surface area contributed by atoms with Crippen molar-refractivity contribution in [3.05, 3.63) is 58.5 Å². The summed E-state index contributed by atoms with van der Waals surface area (Å²) < 4.78 is 52.5. The van der Waals surface area contributed by atoms with Crippen LogP contribution < -0.4 is 4.74 Å². The maximum absolute atomic E-state index is 14.4. The average molecular weight is 338 g/mol. The predicted molar refractivity (Wildman–Crippen MR) is 84.0 cm³/mol. The molecule has 0 saturated heterocycles. The first-order valence-electron chi connectivity index (χ1n) is 7.33. The Kier molecular flexibility index (Phi) is 5.49. The third-order valence-electron chi connectivity index (χ3n) is 3.84. The smallest absolute Gasteiger partial charge is 0.337 e. The van der Waals surface area contributed by atoms with Gasteiger partial charge in [-0.2, -0.15) is 0 Å². The fraction of sp³-hybridized carbons (Fsp3) is 0.278. The molecule has 3 nitrogen and oxygen atoms in total. The van der Waals surface area contributed by atoms with Crippen molar-refractivity contribution in [3.8, 4) is 5.75 Å². The normalized spacial score (nSPS) is 14.8. The molecule has 1 aromatic carbocycles. The van der Waals surface area contributed by atoms with Gasteiger partial charge in [-0.25, -0.2) is 18.0 Å². The molecule has 0 atom stereocenters. The van der Waals surface area contributed by atoms with Gasteiger partial charge in [-0.05, 0) is 25.0 Å². The lowest BCUT2D eigenvalue weighted by atomic mass is 9.94. The molecule has 0 heterocycles. The van der Waals surface area contributed by atoms with Crippen molar-refractivity contribution in [2.75, 3.05) is 14.2 Å². The van der Waals surface area contributed by atoms with E-state index in [0.717, 1.165) is 18.2 Å². The second kappa shape index (κ2) is 7.38. The summed E-state index contributed by atoms with van der Waals surface area (Å²) in [6, 6.07) is 1.98. The van der Waals surface area contributed by atoms with E-state index in [1.54, 1.807) is 6.92 Å². The van der Waals surface area contributed by atoms with Crippen molar-refractivity contribution in [2.24, 2.45) is 0 Å². The van der Waals surface area contributed by atoms with Gasteiger partial charge >= 0.3 is 5.97 Å². The van der Waals surface area contributed by atoms with Crippen LogP contribution >= 0.6 is 0 Å². The number of hydrogen-bond acceptors (Lipinski definition) is 3. The molecule has 1 aliphatic rings. The molecule has 0 spiro atoms. The van der Waals surface area contributed by atoms with Crippen molar-refractivity contribution in [3.63, 3.8) is 0 Å². The minimum Gasteiger partial charge on any atom is -0.497 e. The van der Waals surface area contributed by atoms with Crippen LogP contribution in [0.3, 0.4) is 0 Å². The maximum Gasteiger partial charge on any atom is 0.337 e. The van der Waals surface area contributed by atoms with E-state index in [0.29, 0.717) is 12.0 Å². The topological polar surface area (TPSA) is 35.5 Å². The van der Waals surface area contributed by atoms with Gasteiger partial charge in [0.25, 0.3) is 0 Å². The highest BCUT2D eigenvalue weighted by molar-refractivity contribution is 5.94. The van der Waals surface area contributed by atoms with Crippen LogP contribution in [0, 0.1) is 11.6 Å². The van der Waals surface area contributed by atoms with Gasteiger partial charge in [0.15, 0.2) is 0 Å². The number of halogens is 3. The Morgan fingerprint density at radius 2 is 1.75 bits per heavy atom. The Balaban J connectivity index is 2.58. The second-order valence-electron chi connectivity index (χ2n) is 5.17. The summed E-state index contributed by atoms with van der Waals surface area (Å²) >= 11 is 0. The predicted octanol–water partition coefficient (Wildman–Crippen LogP) is 4.49. The van der Waals surface area contributed by atoms with Crippen LogP contribution in [0.1, 0.15) is 25.3 Å². The number of allylic oxidation sites excluding steroid dienone is 4. The minimum absolute atomic E-state index is 0.000397. The molecule has 0 aromatic heterocycles. The van der Waals surface area contributed by atoms with Crippen LogP contribution in [-0.2, 0) is 9.53 Å². The number of esters is 1. The maximum atomic E-state index is 14.4. The molecule has 6 heteroatoms. The molecule has 1 aromatic rings. The Labute approximate surface area is 138 Å². The highest BCUT2D eigenvalue weighted by atomic mass is 19.1. The van der Waals surface area contributed by atoms with Crippen LogP contribution in [0.2, 0.25) is 0 Å². The van der Waals surface area contributed by atoms with Crippen molar-refractivity contribution in [1.29, 1.82) is 0 Å². The molecule has 128 valence electrons. The molecule has 0 aliphatic heterocycles. The van der Waals surface area contributed by atoms with E-state index in [1.165, 1.54) is 20.3 Å². The molecule has 0 N–H and O–H groups in total. The van der Waals surface area contributed by atoms with Crippen molar-refractivity contribution in [2.45, 2.75) is 19.8 Å². The van der Waals surface area contributed by atoms with Gasteiger partial charge in [-0.3, -0.25) is 0 Å². The number of benzene rings is 1. The molecular weight excluding hydrogens is 321 g/mol. The van der Waals surface area contributed by atoms with E-state index in [-0.39, 0.29) is 23.3 Å². The SMILES string of the molecule is CCC1=C(C(=O)OC)C=CC(F)=C(c2c(F)cc(OC)cc2F)C1. The zero-order valence-electron chi connectivity index (χ0n) is 13.6. The molecule has 1 aliphatic carbocycles. The summed E-state index contributed by atoms with van der Waals surface area (Å²) in [6.45, 7) is 1.77. The van der Waals surface area contributed by atoms with Crippen LogP contribution in [0.4, 0.5) is 13.2 Å². The molecular formula is C18H17F3O3. The van der Waals surface area contributed by atoms with Gasteiger partial charge in [0.2, 0.25) is 0 Å². The Hall–Kier alpha value is -2.50. The molecule has 0 saturated carbocycles. The second-order valence-corrected chi connectivity index (χ2v) is 5.17. The summed E-state index contributed by atoms with van der Waals surface area (Å²) in [5.74, 6) is -3.28. The Bertz CT molecular complexity index is 738. The summed E-state index contributed by atoms with van der Waals surface area (Å²) in [5.41, 5.74) is 0.115. The highest BCUT2D eigenvalue weighted by Crippen LogP contribution is 2.37. The zero-order valence-corrected chi connectivity index (χ0v) is 13.6. The van der Waals surface area contributed by atoms with E-state index in [9.17, 15) is 18.0 Å². The van der Waals surface area contributed by atoms with Crippen molar-refractivity contribution < 1.29 is 27.4 Å². The van der Waals surface area contributed by atoms with Gasteiger partial charge < -0.3 is 9.47 Å². The van der Waals surface area contributed by atoms with Gasteiger partial charge in [-0.1, -0.05) is 12.5 Å². The van der Waals surface area contributed by atoms with Crippen LogP contribution in [-0.4, -0.2) is 20.2 Å². The first-order chi connectivity index (χ1) is 11.4. The van der Waals surface area contributed by atoms with Gasteiger partial charge in [0, 0.05) is 17.7 Å². The summed E-state index contributed by atoms with van der Waals surface area (Å²) in [7, 11) is 2.50. The Morgan fingerprint density at radius 1 is 1.12 bits per heavy atom. The van der Waals surface area contributed by atoms with Crippen LogP contribution in [0.5, 0.6) is 5.75 Å². The third-order valence-corrected chi connectivity index (χ3v) is 3.84. The molecule has 0 unspecified atom stereocenters. The molecule has 2 rings (SSSR count). The zero-order chi connectivity index (χ0) is 17.9. The van der Waals surface area contributed by atoms with E-state index in [2.05, 4.69) is 4.74 Å². The van der Waals surface area contributed by atoms with E-state index in [1.807, 2.05) is 0 Å². The number of carbonyl (C=O) groups excluding carboxylic acids is 1. The quantitative estimate of drug-likeness (QED) is 0.759. The number of ether oxygens (including phenoxy) is 2. The fourth-order valence-electron chi connectivity index (χ4n) is 2.57. The van der Waals surface area contributed by atoms with Crippen LogP contribution in [0.25, 0.3) is 5.57 Å². The van der Waals surface area contributed by atoms with Gasteiger partial charge in [0.05, 0.1) is 25.4 Å². The lowest BCUT2D eigenvalue weighted by Crippen LogP contribution is -2.06. The summed E-state index contributed by atoms with van der Waals surface area (Å²) in [5, 5.41) is 0. The van der Waals surface area contributed by atoms with Crippen LogP contribution in [0.15, 0.2) is 41.3 Å². The number of hydrogen-bond donors (Lipinski definition) is 0. The van der Waals surface area contributed by atoms with Crippen molar-refractivity contribution in [1.82, 2.24) is 0 Å². The van der Waals surface area contributed by atoms with E-state index in [4.69, 9.17) is 4.74 Å². The third kappa shape index (κ3) is 3.37. The lowest BCUT2D eigenvalue weighted by Gasteiger charge is -2.14. The summed E-state index contributed by atoms with van der Waals surface area (Å²) in [4.78, 5) is 11.8. The largest absolute Gasteiger partial charge is 0.497 e. The first kappa shape index (κ1) is 17.8. The average Bonchev–Trinajstić information content (AvgIpc) is 2.73. The number of carbonyl (C=O) groups is 1. The molecule has 0 radical (unpaired) electrons.